The van der Waals surface area contributed by atoms with Crippen LogP contribution in [0.5, 0.6) is 5.88 Å². The zero-order valence-electron chi connectivity index (χ0n) is 18.7. The number of benzene rings is 1. The van der Waals surface area contributed by atoms with Gasteiger partial charge in [0.15, 0.2) is 5.82 Å². The highest BCUT2D eigenvalue weighted by Crippen LogP contribution is 2.36. The third-order valence-electron chi connectivity index (χ3n) is 6.61. The summed E-state index contributed by atoms with van der Waals surface area (Å²) in [6, 6.07) is 9.89. The molecular weight excluding hydrogens is 377 g/mol. The molecule has 30 heavy (non-hydrogen) atoms. The second kappa shape index (κ2) is 8.29. The highest BCUT2D eigenvalue weighted by Gasteiger charge is 2.51. The van der Waals surface area contributed by atoms with Gasteiger partial charge in [0.1, 0.15) is 0 Å². The van der Waals surface area contributed by atoms with Crippen molar-refractivity contribution in [2.45, 2.75) is 51.7 Å². The first-order chi connectivity index (χ1) is 14.2. The number of aromatic nitrogens is 2. The molecule has 4 rings (SSSR count). The summed E-state index contributed by atoms with van der Waals surface area (Å²) in [5, 5.41) is 0. The highest BCUT2D eigenvalue weighted by atomic mass is 16.7. The first kappa shape index (κ1) is 21.3. The van der Waals surface area contributed by atoms with E-state index >= 15 is 0 Å². The van der Waals surface area contributed by atoms with Crippen molar-refractivity contribution >= 4 is 12.6 Å². The molecule has 0 amide bonds. The molecule has 2 aliphatic rings. The van der Waals surface area contributed by atoms with Crippen LogP contribution < -0.4 is 10.2 Å². The summed E-state index contributed by atoms with van der Waals surface area (Å²) in [6.45, 7) is 11.2. The summed E-state index contributed by atoms with van der Waals surface area (Å²) in [4.78, 5) is 11.5. The fourth-order valence-corrected chi connectivity index (χ4v) is 3.80. The van der Waals surface area contributed by atoms with E-state index < -0.39 is 7.12 Å². The van der Waals surface area contributed by atoms with Crippen LogP contribution in [-0.4, -0.2) is 59.9 Å². The Labute approximate surface area is 180 Å². The van der Waals surface area contributed by atoms with Crippen LogP contribution in [0.15, 0.2) is 36.5 Å². The Hall–Kier alpha value is -1.96. The van der Waals surface area contributed by atoms with Crippen LogP contribution >= 0.6 is 0 Å². The molecule has 0 aliphatic carbocycles. The van der Waals surface area contributed by atoms with Crippen molar-refractivity contribution in [3.63, 3.8) is 0 Å². The predicted molar refractivity (Wildman–Crippen MR) is 119 cm³/mol. The van der Waals surface area contributed by atoms with Crippen molar-refractivity contribution in [2.75, 3.05) is 26.7 Å². The molecule has 2 fully saturated rings. The third kappa shape index (κ3) is 4.53. The largest absolute Gasteiger partial charge is 0.494 e. The Bertz CT molecular complexity index is 866. The van der Waals surface area contributed by atoms with Crippen molar-refractivity contribution in [1.82, 2.24) is 14.9 Å². The van der Waals surface area contributed by atoms with Crippen molar-refractivity contribution in [3.8, 4) is 17.3 Å². The molecule has 0 unspecified atom stereocenters. The summed E-state index contributed by atoms with van der Waals surface area (Å²) < 4.78 is 18.4. The van der Waals surface area contributed by atoms with Gasteiger partial charge >= 0.3 is 7.12 Å². The normalized spacial score (nSPS) is 21.7. The molecule has 3 heterocycles. The van der Waals surface area contributed by atoms with E-state index in [9.17, 15) is 0 Å². The first-order valence-corrected chi connectivity index (χ1v) is 10.8. The molecule has 0 bridgehead atoms. The number of nitrogens with zero attached hydrogens (tertiary/aromatic N) is 3. The summed E-state index contributed by atoms with van der Waals surface area (Å²) in [7, 11) is 1.77. The van der Waals surface area contributed by atoms with Gasteiger partial charge in [0.05, 0.1) is 17.8 Å². The van der Waals surface area contributed by atoms with Crippen LogP contribution in [-0.2, 0) is 9.31 Å². The average Bonchev–Trinajstić information content (AvgIpc) is 2.95. The van der Waals surface area contributed by atoms with E-state index in [2.05, 4.69) is 49.6 Å². The van der Waals surface area contributed by atoms with Crippen LogP contribution in [0.25, 0.3) is 11.4 Å². The Kier molecular flexibility index (Phi) is 5.88. The van der Waals surface area contributed by atoms with Gasteiger partial charge in [-0.3, -0.25) is 0 Å². The molecule has 1 aromatic carbocycles. The van der Waals surface area contributed by atoms with E-state index in [1.54, 1.807) is 6.20 Å². The van der Waals surface area contributed by atoms with Gasteiger partial charge in [0.2, 0.25) is 5.88 Å². The summed E-state index contributed by atoms with van der Waals surface area (Å²) in [5.74, 6) is 1.86. The van der Waals surface area contributed by atoms with Gasteiger partial charge < -0.3 is 18.9 Å². The van der Waals surface area contributed by atoms with Gasteiger partial charge in [-0.25, -0.2) is 4.98 Å². The molecule has 0 N–H and O–H groups in total. The smallest absolute Gasteiger partial charge is 0.477 e. The van der Waals surface area contributed by atoms with Gasteiger partial charge in [-0.2, -0.15) is 4.98 Å². The molecule has 0 radical (unpaired) electrons. The molecule has 1 aromatic heterocycles. The minimum absolute atomic E-state index is 0.369. The number of rotatable bonds is 5. The lowest BCUT2D eigenvalue weighted by Gasteiger charge is -2.32. The van der Waals surface area contributed by atoms with Gasteiger partial charge in [-0.05, 0) is 72.1 Å². The third-order valence-corrected chi connectivity index (χ3v) is 6.61. The Morgan fingerprint density at radius 2 is 1.80 bits per heavy atom. The van der Waals surface area contributed by atoms with Gasteiger partial charge in [-0.15, -0.1) is 0 Å². The Balaban J connectivity index is 1.46. The summed E-state index contributed by atoms with van der Waals surface area (Å²) in [6.07, 6.45) is 4.10. The molecule has 6 nitrogen and oxygen atoms in total. The highest BCUT2D eigenvalue weighted by molar-refractivity contribution is 6.62. The first-order valence-electron chi connectivity index (χ1n) is 10.8. The molecule has 2 aromatic rings. The van der Waals surface area contributed by atoms with Gasteiger partial charge in [0, 0.05) is 17.8 Å². The monoisotopic (exact) mass is 409 g/mol. The van der Waals surface area contributed by atoms with Gasteiger partial charge in [0.25, 0.3) is 0 Å². The van der Waals surface area contributed by atoms with E-state index in [4.69, 9.17) is 14.0 Å². The summed E-state index contributed by atoms with van der Waals surface area (Å²) >= 11 is 0. The fraction of sp³-hybridized carbons (Fsp3) is 0.565. The van der Waals surface area contributed by atoms with Crippen LogP contribution in [0.1, 0.15) is 40.5 Å². The van der Waals surface area contributed by atoms with E-state index in [0.717, 1.165) is 24.1 Å². The fourth-order valence-electron chi connectivity index (χ4n) is 3.80. The quantitative estimate of drug-likeness (QED) is 0.708. The second-order valence-corrected chi connectivity index (χ2v) is 9.49. The van der Waals surface area contributed by atoms with Crippen LogP contribution in [0.3, 0.4) is 0 Å². The van der Waals surface area contributed by atoms with E-state index in [0.29, 0.717) is 24.2 Å². The minimum atomic E-state index is -0.404. The average molecular weight is 409 g/mol. The van der Waals surface area contributed by atoms with Crippen molar-refractivity contribution in [2.24, 2.45) is 5.92 Å². The molecule has 0 atom stereocenters. The van der Waals surface area contributed by atoms with E-state index in [1.165, 1.54) is 12.8 Å². The SMILES string of the molecule is CN1CCC(COc2ccnc(-c3cccc(B4OC(C)(C)C(C)(C)O4)c3)n2)CC1. The van der Waals surface area contributed by atoms with Crippen LogP contribution in [0.2, 0.25) is 0 Å². The van der Waals surface area contributed by atoms with E-state index in [-0.39, 0.29) is 11.2 Å². The van der Waals surface area contributed by atoms with Crippen molar-refractivity contribution in [3.05, 3.63) is 36.5 Å². The van der Waals surface area contributed by atoms with Crippen LogP contribution in [0.4, 0.5) is 0 Å². The second-order valence-electron chi connectivity index (χ2n) is 9.49. The molecule has 2 aliphatic heterocycles. The number of hydrogen-bond donors (Lipinski definition) is 0. The molecule has 2 saturated heterocycles. The zero-order chi connectivity index (χ0) is 21.4. The predicted octanol–water partition coefficient (Wildman–Crippen LogP) is 3.16. The lowest BCUT2D eigenvalue weighted by Crippen LogP contribution is -2.41. The lowest BCUT2D eigenvalue weighted by molar-refractivity contribution is 0.00578. The topological polar surface area (TPSA) is 56.7 Å². The number of likely N-dealkylation sites (tertiary alicyclic amines) is 1. The number of ether oxygens (including phenoxy) is 1. The molecule has 160 valence electrons. The summed E-state index contributed by atoms with van der Waals surface area (Å²) in [5.41, 5.74) is 1.15. The molecular formula is C23H32BN3O3. The maximum absolute atomic E-state index is 6.19. The van der Waals surface area contributed by atoms with Crippen LogP contribution in [0, 0.1) is 5.92 Å². The molecule has 0 saturated carbocycles. The van der Waals surface area contributed by atoms with Crippen molar-refractivity contribution in [1.29, 1.82) is 0 Å². The number of piperidine rings is 1. The maximum atomic E-state index is 6.19. The standard InChI is InChI=1S/C23H32BN3O3/c1-22(2)23(3,4)30-24(29-22)19-8-6-7-18(15-19)21-25-12-9-20(26-21)28-16-17-10-13-27(5)14-11-17/h6-9,12,15,17H,10-11,13-14,16H2,1-5H3. The van der Waals surface area contributed by atoms with E-state index in [1.807, 2.05) is 30.3 Å². The Morgan fingerprint density at radius 1 is 1.10 bits per heavy atom. The lowest BCUT2D eigenvalue weighted by atomic mass is 9.78. The maximum Gasteiger partial charge on any atom is 0.494 e. The zero-order valence-corrected chi connectivity index (χ0v) is 18.7. The minimum Gasteiger partial charge on any atom is -0.477 e. The molecule has 0 spiro atoms. The number of hydrogen-bond acceptors (Lipinski definition) is 6. The molecule has 7 heteroatoms. The van der Waals surface area contributed by atoms with Gasteiger partial charge in [-0.1, -0.05) is 24.3 Å². The van der Waals surface area contributed by atoms with Crippen molar-refractivity contribution < 1.29 is 14.0 Å². The Morgan fingerprint density at radius 3 is 2.50 bits per heavy atom.